The maximum atomic E-state index is 10.6. The Balaban J connectivity index is 2.22. The molecule has 130 valence electrons. The fourth-order valence-electron chi connectivity index (χ4n) is 2.07. The van der Waals surface area contributed by atoms with E-state index in [1.54, 1.807) is 6.07 Å². The molecule has 2 aromatic rings. The van der Waals surface area contributed by atoms with Gasteiger partial charge in [0.1, 0.15) is 11.9 Å². The van der Waals surface area contributed by atoms with E-state index < -0.39 is 14.4 Å². The zero-order valence-corrected chi connectivity index (χ0v) is 18.1. The van der Waals surface area contributed by atoms with E-state index in [9.17, 15) is 5.11 Å². The maximum absolute atomic E-state index is 10.6. The number of hydrogen-bond acceptors (Lipinski definition) is 2. The zero-order chi connectivity index (χ0) is 18.1. The molecular weight excluding hydrogens is 404 g/mol. The first-order valence-corrected chi connectivity index (χ1v) is 12.0. The average Bonchev–Trinajstić information content (AvgIpc) is 2.48. The van der Waals surface area contributed by atoms with Crippen LogP contribution >= 0.6 is 27.5 Å². The summed E-state index contributed by atoms with van der Waals surface area (Å²) in [5.74, 6) is 0.845. The van der Waals surface area contributed by atoms with Crippen molar-refractivity contribution in [3.8, 4) is 5.75 Å². The van der Waals surface area contributed by atoms with E-state index in [2.05, 4.69) is 49.8 Å². The molecule has 5 heteroatoms. The molecular formula is C19H24BrClO2Si. The van der Waals surface area contributed by atoms with Gasteiger partial charge in [-0.25, -0.2) is 0 Å². The molecule has 0 aromatic heterocycles. The minimum atomic E-state index is -1.86. The van der Waals surface area contributed by atoms with Crippen LogP contribution in [-0.2, 0) is 0 Å². The van der Waals surface area contributed by atoms with Crippen LogP contribution in [0.4, 0.5) is 0 Å². The molecule has 0 aliphatic carbocycles. The predicted molar refractivity (Wildman–Crippen MR) is 107 cm³/mol. The van der Waals surface area contributed by atoms with Gasteiger partial charge in [-0.05, 0) is 54.0 Å². The summed E-state index contributed by atoms with van der Waals surface area (Å²) in [4.78, 5) is 0. The Bertz CT molecular complexity index is 708. The Labute approximate surface area is 159 Å². The molecule has 2 nitrogen and oxygen atoms in total. The van der Waals surface area contributed by atoms with Gasteiger partial charge in [-0.3, -0.25) is 0 Å². The topological polar surface area (TPSA) is 29.5 Å². The summed E-state index contributed by atoms with van der Waals surface area (Å²) in [6, 6.07) is 13.1. The smallest absolute Gasteiger partial charge is 0.250 e. The molecule has 2 aromatic carbocycles. The minimum absolute atomic E-state index is 0.148. The summed E-state index contributed by atoms with van der Waals surface area (Å²) in [5.41, 5.74) is 1.47. The van der Waals surface area contributed by atoms with E-state index >= 15 is 0 Å². The normalized spacial score (nSPS) is 13.7. The SMILES string of the molecule is CC(C)(C)[Si](C)(C)Oc1ccc(C(O)c2cc(Br)ccc2Cl)cc1. The van der Waals surface area contributed by atoms with Crippen molar-refractivity contribution >= 4 is 35.8 Å². The second-order valence-electron chi connectivity index (χ2n) is 7.50. The number of halogens is 2. The summed E-state index contributed by atoms with van der Waals surface area (Å²) in [6.07, 6.45) is -0.767. The number of rotatable bonds is 4. The quantitative estimate of drug-likeness (QED) is 0.559. The van der Waals surface area contributed by atoms with Crippen LogP contribution in [-0.4, -0.2) is 13.4 Å². The largest absolute Gasteiger partial charge is 0.544 e. The molecule has 0 aliphatic heterocycles. The van der Waals surface area contributed by atoms with Gasteiger partial charge < -0.3 is 9.53 Å². The van der Waals surface area contributed by atoms with Crippen molar-refractivity contribution in [2.24, 2.45) is 0 Å². The van der Waals surface area contributed by atoms with Crippen LogP contribution in [0.3, 0.4) is 0 Å². The Morgan fingerprint density at radius 2 is 1.67 bits per heavy atom. The van der Waals surface area contributed by atoms with E-state index in [0.29, 0.717) is 10.6 Å². The lowest BCUT2D eigenvalue weighted by atomic mass is 10.0. The van der Waals surface area contributed by atoms with Crippen LogP contribution < -0.4 is 4.43 Å². The number of hydrogen-bond donors (Lipinski definition) is 1. The van der Waals surface area contributed by atoms with E-state index in [-0.39, 0.29) is 5.04 Å². The highest BCUT2D eigenvalue weighted by molar-refractivity contribution is 9.10. The van der Waals surface area contributed by atoms with Gasteiger partial charge in [0.05, 0.1) is 0 Å². The predicted octanol–water partition coefficient (Wildman–Crippen LogP) is 6.57. The lowest BCUT2D eigenvalue weighted by molar-refractivity contribution is 0.220. The van der Waals surface area contributed by atoms with Gasteiger partial charge >= 0.3 is 0 Å². The van der Waals surface area contributed by atoms with Gasteiger partial charge in [0.25, 0.3) is 0 Å². The zero-order valence-electron chi connectivity index (χ0n) is 14.7. The van der Waals surface area contributed by atoms with Crippen molar-refractivity contribution in [1.29, 1.82) is 0 Å². The molecule has 0 heterocycles. The summed E-state index contributed by atoms with van der Waals surface area (Å²) in [6.45, 7) is 11.1. The van der Waals surface area contributed by atoms with Gasteiger partial charge in [0.15, 0.2) is 0 Å². The molecule has 0 amide bonds. The second kappa shape index (κ2) is 7.20. The van der Waals surface area contributed by atoms with E-state index in [1.165, 1.54) is 0 Å². The van der Waals surface area contributed by atoms with Crippen molar-refractivity contribution in [2.75, 3.05) is 0 Å². The van der Waals surface area contributed by atoms with E-state index in [4.69, 9.17) is 16.0 Å². The lowest BCUT2D eigenvalue weighted by Gasteiger charge is -2.36. The molecule has 0 aliphatic rings. The third kappa shape index (κ3) is 4.42. The van der Waals surface area contributed by atoms with Gasteiger partial charge in [0, 0.05) is 15.1 Å². The highest BCUT2D eigenvalue weighted by atomic mass is 79.9. The standard InChI is InChI=1S/C19H24BrClO2Si/c1-19(2,3)24(4,5)23-15-9-6-13(7-10-15)18(22)16-12-14(20)8-11-17(16)21/h6-12,18,22H,1-5H3. The molecule has 1 atom stereocenters. The third-order valence-electron chi connectivity index (χ3n) is 4.63. The Kier molecular flexibility index (Phi) is 5.85. The second-order valence-corrected chi connectivity index (χ2v) is 13.5. The highest BCUT2D eigenvalue weighted by Gasteiger charge is 2.38. The lowest BCUT2D eigenvalue weighted by Crippen LogP contribution is -2.43. The molecule has 1 unspecified atom stereocenters. The van der Waals surface area contributed by atoms with Crippen molar-refractivity contribution in [1.82, 2.24) is 0 Å². The summed E-state index contributed by atoms with van der Waals surface area (Å²) in [7, 11) is -1.86. The summed E-state index contributed by atoms with van der Waals surface area (Å²) in [5, 5.41) is 11.3. The summed E-state index contributed by atoms with van der Waals surface area (Å²) >= 11 is 9.62. The molecule has 0 spiro atoms. The third-order valence-corrected chi connectivity index (χ3v) is 9.82. The van der Waals surface area contributed by atoms with Crippen LogP contribution in [0, 0.1) is 0 Å². The van der Waals surface area contributed by atoms with Crippen LogP contribution in [0.1, 0.15) is 38.0 Å². The van der Waals surface area contributed by atoms with Crippen LogP contribution in [0.25, 0.3) is 0 Å². The first-order valence-electron chi connectivity index (χ1n) is 7.93. The first kappa shape index (κ1) is 19.5. The van der Waals surface area contributed by atoms with Gasteiger partial charge in [-0.2, -0.15) is 0 Å². The van der Waals surface area contributed by atoms with Crippen molar-refractivity contribution in [3.63, 3.8) is 0 Å². The number of benzene rings is 2. The maximum Gasteiger partial charge on any atom is 0.250 e. The average molecular weight is 428 g/mol. The monoisotopic (exact) mass is 426 g/mol. The fourth-order valence-corrected chi connectivity index (χ4v) is 3.70. The Morgan fingerprint density at radius 1 is 1.08 bits per heavy atom. The molecule has 0 fully saturated rings. The molecule has 2 rings (SSSR count). The molecule has 0 radical (unpaired) electrons. The van der Waals surface area contributed by atoms with Crippen molar-refractivity contribution < 1.29 is 9.53 Å². The molecule has 1 N–H and O–H groups in total. The molecule has 24 heavy (non-hydrogen) atoms. The number of aliphatic hydroxyl groups excluding tert-OH is 1. The molecule has 0 bridgehead atoms. The Morgan fingerprint density at radius 3 is 2.21 bits per heavy atom. The van der Waals surface area contributed by atoms with Crippen LogP contribution in [0.15, 0.2) is 46.9 Å². The Hall–Kier alpha value is -0.813. The minimum Gasteiger partial charge on any atom is -0.544 e. The fraction of sp³-hybridized carbons (Fsp3) is 0.368. The van der Waals surface area contributed by atoms with Gasteiger partial charge in [0.2, 0.25) is 8.32 Å². The van der Waals surface area contributed by atoms with E-state index in [1.807, 2.05) is 36.4 Å². The first-order chi connectivity index (χ1) is 11.0. The molecule has 0 saturated carbocycles. The van der Waals surface area contributed by atoms with Crippen molar-refractivity contribution in [3.05, 3.63) is 63.1 Å². The summed E-state index contributed by atoms with van der Waals surface area (Å²) < 4.78 is 7.16. The van der Waals surface area contributed by atoms with Gasteiger partial charge in [-0.1, -0.05) is 60.4 Å². The number of aliphatic hydroxyl groups is 1. The van der Waals surface area contributed by atoms with Crippen molar-refractivity contribution in [2.45, 2.75) is 45.0 Å². The van der Waals surface area contributed by atoms with Gasteiger partial charge in [-0.15, -0.1) is 0 Å². The van der Waals surface area contributed by atoms with E-state index in [0.717, 1.165) is 15.8 Å². The molecule has 0 saturated heterocycles. The van der Waals surface area contributed by atoms with Crippen LogP contribution in [0.2, 0.25) is 23.2 Å². The van der Waals surface area contributed by atoms with Crippen LogP contribution in [0.5, 0.6) is 5.75 Å². The highest BCUT2D eigenvalue weighted by Crippen LogP contribution is 2.38.